The van der Waals surface area contributed by atoms with Crippen molar-refractivity contribution in [3.05, 3.63) is 12.0 Å². The summed E-state index contributed by atoms with van der Waals surface area (Å²) in [5, 5.41) is 6.63. The maximum Gasteiger partial charge on any atom is -0.00986 e. The van der Waals surface area contributed by atoms with E-state index in [0.29, 0.717) is 0 Å². The molecule has 0 fully saturated rings. The number of hydrogen-bond donors (Lipinski definition) is 1. The van der Waals surface area contributed by atoms with Gasteiger partial charge in [0.15, 0.2) is 0 Å². The van der Waals surface area contributed by atoms with Crippen molar-refractivity contribution in [2.24, 2.45) is 5.14 Å². The summed E-state index contributed by atoms with van der Waals surface area (Å²) >= 11 is 0. The van der Waals surface area contributed by atoms with Crippen molar-refractivity contribution in [2.45, 2.75) is 0 Å². The fourth-order valence-electron chi connectivity index (χ4n) is 0.0393. The zero-order chi connectivity index (χ0) is 4.12. The Balaban J connectivity index is 2.40. The van der Waals surface area contributed by atoms with Gasteiger partial charge in [-0.25, -0.2) is 0 Å². The Bertz CT molecular complexity index is 28.8. The minimum atomic E-state index is 1.20. The molecule has 0 saturated heterocycles. The maximum atomic E-state index is 4.95. The summed E-state index contributed by atoms with van der Waals surface area (Å²) in [5.74, 6) is 0. The molecule has 0 atom stereocenters. The number of hydrogen-bond acceptors (Lipinski definition) is 3. The van der Waals surface area contributed by atoms with Crippen molar-refractivity contribution >= 4 is 21.8 Å². The van der Waals surface area contributed by atoms with Crippen LogP contribution in [0.25, 0.3) is 0 Å². The van der Waals surface area contributed by atoms with Gasteiger partial charge >= 0.3 is 0 Å². The van der Waals surface area contributed by atoms with E-state index in [9.17, 15) is 0 Å². The van der Waals surface area contributed by atoms with Gasteiger partial charge in [-0.3, -0.25) is 5.14 Å². The van der Waals surface area contributed by atoms with Crippen molar-refractivity contribution in [2.75, 3.05) is 0 Å². The molecule has 0 bridgehead atoms. The van der Waals surface area contributed by atoms with Crippen LogP contribution in [0.3, 0.4) is 0 Å². The average molecular weight is 107 g/mol. The summed E-state index contributed by atoms with van der Waals surface area (Å²) in [6.45, 7) is 3.41. The topological polar surface area (TPSA) is 26.0 Å². The summed E-state index contributed by atoms with van der Waals surface area (Å²) in [6, 6.07) is 0. The van der Waals surface area contributed by atoms with E-state index in [1.54, 1.807) is 5.41 Å². The van der Waals surface area contributed by atoms with E-state index in [0.717, 1.165) is 0 Å². The van der Waals surface area contributed by atoms with Gasteiger partial charge in [-0.1, -0.05) is 17.4 Å². The lowest BCUT2D eigenvalue weighted by molar-refractivity contribution is 2.07. The van der Waals surface area contributed by atoms with Gasteiger partial charge in [-0.15, -0.1) is 0 Å². The largest absolute Gasteiger partial charge is 0.268 e. The quantitative estimate of drug-likeness (QED) is 0.426. The van der Waals surface area contributed by atoms with E-state index in [1.165, 1.54) is 21.8 Å². The summed E-state index contributed by atoms with van der Waals surface area (Å²) in [4.78, 5) is 0. The minimum absolute atomic E-state index is 1.20. The first-order chi connectivity index (χ1) is 2.41. The van der Waals surface area contributed by atoms with Crippen molar-refractivity contribution in [1.29, 1.82) is 0 Å². The molecule has 3 heteroatoms. The smallest absolute Gasteiger partial charge is 0.00986 e. The van der Waals surface area contributed by atoms with Gasteiger partial charge in [-0.05, 0) is 16.4 Å². The predicted octanol–water partition coefficient (Wildman–Crippen LogP) is 1.38. The molecule has 0 aliphatic rings. The highest BCUT2D eigenvalue weighted by molar-refractivity contribution is 8.77. The highest BCUT2D eigenvalue weighted by Crippen LogP contribution is 2.11. The van der Waals surface area contributed by atoms with Crippen LogP contribution in [0.15, 0.2) is 12.0 Å². The predicted molar refractivity (Wildman–Crippen MR) is 29.6 cm³/mol. The van der Waals surface area contributed by atoms with Gasteiger partial charge in [0.2, 0.25) is 0 Å². The first-order valence-electron chi connectivity index (χ1n) is 1.05. The van der Waals surface area contributed by atoms with E-state index < -0.39 is 0 Å². The first-order valence-corrected chi connectivity index (χ1v) is 3.32. The van der Waals surface area contributed by atoms with Crippen molar-refractivity contribution in [3.63, 3.8) is 0 Å². The fraction of sp³-hybridized carbons (Fsp3) is 0. The Kier molecular flexibility index (Phi) is 4.75. The molecule has 0 amide bonds. The van der Waals surface area contributed by atoms with Crippen LogP contribution in [0.2, 0.25) is 0 Å². The Morgan fingerprint density at radius 2 is 2.40 bits per heavy atom. The monoisotopic (exact) mass is 107 g/mol. The van der Waals surface area contributed by atoms with Gasteiger partial charge in [0.05, 0.1) is 0 Å². The van der Waals surface area contributed by atoms with Crippen LogP contribution in [-0.4, -0.2) is 0 Å². The molecular formula is C2H5NS2. The first kappa shape index (κ1) is 5.40. The molecule has 0 spiro atoms. The van der Waals surface area contributed by atoms with Crippen molar-refractivity contribution in [1.82, 2.24) is 0 Å². The second-order valence-electron chi connectivity index (χ2n) is 0.359. The van der Waals surface area contributed by atoms with Crippen LogP contribution in [-0.2, 0) is 0 Å². The second kappa shape index (κ2) is 4.40. The standard InChI is InChI=1S/C2H5NS2/c1-2-4-5-3/h2H,1,3H2. The highest BCUT2D eigenvalue weighted by Gasteiger charge is 1.61. The van der Waals surface area contributed by atoms with Crippen LogP contribution >= 0.6 is 21.8 Å². The summed E-state index contributed by atoms with van der Waals surface area (Å²) in [6.07, 6.45) is 0. The minimum Gasteiger partial charge on any atom is -0.268 e. The van der Waals surface area contributed by atoms with Gasteiger partial charge in [0, 0.05) is 0 Å². The van der Waals surface area contributed by atoms with E-state index in [1.807, 2.05) is 0 Å². The molecule has 0 rings (SSSR count). The highest BCUT2D eigenvalue weighted by atomic mass is 33.1. The van der Waals surface area contributed by atoms with Gasteiger partial charge in [-0.2, -0.15) is 0 Å². The van der Waals surface area contributed by atoms with Crippen LogP contribution in [0, 0.1) is 0 Å². The number of nitrogens with two attached hydrogens (primary N) is 1. The van der Waals surface area contributed by atoms with Gasteiger partial charge in [0.25, 0.3) is 0 Å². The molecule has 0 unspecified atom stereocenters. The summed E-state index contributed by atoms with van der Waals surface area (Å²) in [5.41, 5.74) is 0. The maximum absolute atomic E-state index is 4.95. The van der Waals surface area contributed by atoms with E-state index >= 15 is 0 Å². The second-order valence-corrected chi connectivity index (χ2v) is 2.23. The van der Waals surface area contributed by atoms with Gasteiger partial charge in [0.1, 0.15) is 0 Å². The summed E-state index contributed by atoms with van der Waals surface area (Å²) < 4.78 is 0. The molecule has 0 saturated carbocycles. The molecule has 0 aliphatic carbocycles. The molecule has 0 aliphatic heterocycles. The molecule has 2 N–H and O–H groups in total. The zero-order valence-electron chi connectivity index (χ0n) is 2.68. The van der Waals surface area contributed by atoms with Gasteiger partial charge < -0.3 is 0 Å². The molecule has 0 radical (unpaired) electrons. The fourth-order valence-corrected chi connectivity index (χ4v) is 0.354. The molecule has 5 heavy (non-hydrogen) atoms. The SMILES string of the molecule is C=CSSN. The normalized spacial score (nSPS) is 7.40. The third-order valence-corrected chi connectivity index (χ3v) is 1.11. The third kappa shape index (κ3) is 4.40. The lowest BCUT2D eigenvalue weighted by Gasteiger charge is -1.73. The van der Waals surface area contributed by atoms with Crippen LogP contribution in [0.4, 0.5) is 0 Å². The summed E-state index contributed by atoms with van der Waals surface area (Å²) in [7, 11) is 2.62. The van der Waals surface area contributed by atoms with E-state index in [-0.39, 0.29) is 0 Å². The number of rotatable bonds is 2. The molecule has 0 aromatic heterocycles. The molecule has 0 aromatic rings. The Morgan fingerprint density at radius 1 is 1.80 bits per heavy atom. The Hall–Kier alpha value is 0.400. The third-order valence-electron chi connectivity index (χ3n) is 0.124. The van der Waals surface area contributed by atoms with E-state index in [2.05, 4.69) is 6.58 Å². The molecule has 1 nitrogen and oxygen atoms in total. The molecule has 0 aromatic carbocycles. The lowest BCUT2D eigenvalue weighted by Crippen LogP contribution is -1.62. The van der Waals surface area contributed by atoms with Crippen LogP contribution < -0.4 is 5.14 Å². The van der Waals surface area contributed by atoms with Crippen LogP contribution in [0.1, 0.15) is 0 Å². The van der Waals surface area contributed by atoms with Crippen LogP contribution in [0.5, 0.6) is 0 Å². The Morgan fingerprint density at radius 3 is 2.40 bits per heavy atom. The molecule has 30 valence electrons. The Labute approximate surface area is 39.5 Å². The molecule has 0 heterocycles. The average Bonchev–Trinajstić information content (AvgIpc) is 1.41. The van der Waals surface area contributed by atoms with E-state index in [4.69, 9.17) is 5.14 Å². The van der Waals surface area contributed by atoms with Crippen molar-refractivity contribution < 1.29 is 0 Å². The molecular weight excluding hydrogens is 102 g/mol. The zero-order valence-corrected chi connectivity index (χ0v) is 4.31. The van der Waals surface area contributed by atoms with Crippen molar-refractivity contribution in [3.8, 4) is 0 Å². The lowest BCUT2D eigenvalue weighted by atomic mass is 11.3.